The minimum atomic E-state index is -0.138. The van der Waals surface area contributed by atoms with Crippen LogP contribution in [0.1, 0.15) is 44.9 Å². The van der Waals surface area contributed by atoms with E-state index in [1.54, 1.807) is 0 Å². The Kier molecular flexibility index (Phi) is 13.9. The summed E-state index contributed by atoms with van der Waals surface area (Å²) in [4.78, 5) is 10.9. The number of rotatable bonds is 8. The first-order valence-corrected chi connectivity index (χ1v) is 8.22. The van der Waals surface area contributed by atoms with Crippen LogP contribution in [-0.2, 0) is 26.6 Å². The molecule has 0 saturated heterocycles. The molecule has 0 spiro atoms. The van der Waals surface area contributed by atoms with Gasteiger partial charge in [-0.25, -0.2) is 12.1 Å². The largest absolute Gasteiger partial charge is 2.00 e. The monoisotopic (exact) mass is 370 g/mol. The number of esters is 1. The normalized spacial score (nSPS) is 11.5. The zero-order valence-electron chi connectivity index (χ0n) is 14.2. The third kappa shape index (κ3) is 11.0. The van der Waals surface area contributed by atoms with E-state index in [2.05, 4.69) is 4.74 Å². The molecule has 0 atom stereocenters. The van der Waals surface area contributed by atoms with Gasteiger partial charge in [-0.15, -0.1) is 5.76 Å². The summed E-state index contributed by atoms with van der Waals surface area (Å²) in [6.45, 7) is 0. The number of carbonyl (C=O) groups excluding carboxylic acids is 1. The number of unbranched alkanes of at least 4 members (excludes halogenated alkanes) is 4. The second-order valence-electron chi connectivity index (χ2n) is 5.40. The average Bonchev–Trinajstić information content (AvgIpc) is 3.28. The molecular weight excluding hydrogens is 344 g/mol. The first kappa shape index (κ1) is 22.4. The van der Waals surface area contributed by atoms with Crippen molar-refractivity contribution in [1.29, 1.82) is 0 Å². The maximum absolute atomic E-state index is 11.7. The van der Waals surface area contributed by atoms with Crippen LogP contribution < -0.4 is 5.11 Å². The van der Waals surface area contributed by atoms with Gasteiger partial charge in [-0.2, -0.15) is 18.2 Å². The predicted molar refractivity (Wildman–Crippen MR) is 91.7 cm³/mol. The van der Waals surface area contributed by atoms with Crippen molar-refractivity contribution in [3.63, 3.8) is 0 Å². The molecule has 0 amide bonds. The summed E-state index contributed by atoms with van der Waals surface area (Å²) in [5.74, 6) is 0.0935. The molecule has 2 rings (SSSR count). The molecule has 0 unspecified atom stereocenters. The smallest absolute Gasteiger partial charge is 0.875 e. The number of carbonyl (C=O) groups is 1. The Labute approximate surface area is 155 Å². The summed E-state index contributed by atoms with van der Waals surface area (Å²) in [5.41, 5.74) is 0.820. The first-order valence-electron chi connectivity index (χ1n) is 8.22. The molecule has 1 aromatic carbocycles. The van der Waals surface area contributed by atoms with Gasteiger partial charge in [0.15, 0.2) is 0 Å². The summed E-state index contributed by atoms with van der Waals surface area (Å²) in [5, 5.41) is 11.7. The Morgan fingerprint density at radius 3 is 2.04 bits per heavy atom. The predicted octanol–water partition coefficient (Wildman–Crippen LogP) is 4.03. The van der Waals surface area contributed by atoms with E-state index in [0.717, 1.165) is 37.7 Å². The molecule has 0 aromatic heterocycles. The van der Waals surface area contributed by atoms with Crippen molar-refractivity contribution in [3.8, 4) is 0 Å². The van der Waals surface area contributed by atoms with Crippen molar-refractivity contribution in [2.45, 2.75) is 44.9 Å². The van der Waals surface area contributed by atoms with Crippen molar-refractivity contribution >= 4 is 5.97 Å². The van der Waals surface area contributed by atoms with E-state index < -0.39 is 0 Å². The van der Waals surface area contributed by atoms with Crippen LogP contribution in [0.4, 0.5) is 0 Å². The number of methoxy groups -OCH3 is 1. The molecular formula is C20H26FeO3. The molecule has 4 heteroatoms. The Balaban J connectivity index is 0.000000751. The molecule has 0 bridgehead atoms. The zero-order valence-corrected chi connectivity index (χ0v) is 15.3. The fraction of sp³-hybridized carbons (Fsp3) is 0.400. The van der Waals surface area contributed by atoms with Gasteiger partial charge in [-0.1, -0.05) is 50.0 Å². The van der Waals surface area contributed by atoms with Gasteiger partial charge in [0.25, 0.3) is 0 Å². The maximum Gasteiger partial charge on any atom is 2.00 e. The summed E-state index contributed by atoms with van der Waals surface area (Å²) < 4.78 is 4.57. The molecule has 0 aliphatic heterocycles. The van der Waals surface area contributed by atoms with E-state index >= 15 is 0 Å². The van der Waals surface area contributed by atoms with Gasteiger partial charge in [-0.05, 0) is 18.4 Å². The molecule has 1 aliphatic carbocycles. The van der Waals surface area contributed by atoms with Crippen molar-refractivity contribution < 1.29 is 31.7 Å². The van der Waals surface area contributed by atoms with Crippen molar-refractivity contribution in [3.05, 3.63) is 66.0 Å². The van der Waals surface area contributed by atoms with Crippen LogP contribution in [0.25, 0.3) is 0 Å². The molecule has 0 saturated carbocycles. The second kappa shape index (κ2) is 14.9. The van der Waals surface area contributed by atoms with Crippen LogP contribution in [0.3, 0.4) is 0 Å². The summed E-state index contributed by atoms with van der Waals surface area (Å²) in [6.07, 6.45) is 13.6. The zero-order chi connectivity index (χ0) is 16.8. The molecule has 0 heterocycles. The Morgan fingerprint density at radius 2 is 1.54 bits per heavy atom. The Bertz CT molecular complexity index is 482. The third-order valence-corrected chi connectivity index (χ3v) is 3.55. The van der Waals surface area contributed by atoms with Crippen LogP contribution in [0.15, 0.2) is 66.0 Å². The molecule has 24 heavy (non-hydrogen) atoms. The molecule has 1 aromatic rings. The van der Waals surface area contributed by atoms with Crippen molar-refractivity contribution in [2.75, 3.05) is 7.11 Å². The summed E-state index contributed by atoms with van der Waals surface area (Å²) >= 11 is 0. The molecule has 1 aliphatic rings. The molecule has 3 nitrogen and oxygen atoms in total. The van der Waals surface area contributed by atoms with Crippen LogP contribution in [0.2, 0.25) is 0 Å². The van der Waals surface area contributed by atoms with Gasteiger partial charge in [0.2, 0.25) is 0 Å². The van der Waals surface area contributed by atoms with Gasteiger partial charge >= 0.3 is 23.0 Å². The minimum absolute atomic E-state index is 0. The molecule has 132 valence electrons. The Hall–Kier alpha value is -1.64. The average molecular weight is 370 g/mol. The van der Waals surface area contributed by atoms with E-state index in [0.29, 0.717) is 12.8 Å². The van der Waals surface area contributed by atoms with E-state index in [1.165, 1.54) is 7.11 Å². The van der Waals surface area contributed by atoms with Gasteiger partial charge in [0.05, 0.1) is 7.11 Å². The fourth-order valence-corrected chi connectivity index (χ4v) is 2.21. The third-order valence-electron chi connectivity index (χ3n) is 3.55. The van der Waals surface area contributed by atoms with Gasteiger partial charge in [0.1, 0.15) is 0 Å². The molecule has 0 radical (unpaired) electrons. The number of hydrogen-bond donors (Lipinski definition) is 0. The van der Waals surface area contributed by atoms with Crippen LogP contribution >= 0.6 is 0 Å². The van der Waals surface area contributed by atoms with Gasteiger partial charge in [0, 0.05) is 6.42 Å². The van der Waals surface area contributed by atoms with Crippen molar-refractivity contribution in [1.82, 2.24) is 0 Å². The summed E-state index contributed by atoms with van der Waals surface area (Å²) in [7, 11) is 1.41. The van der Waals surface area contributed by atoms with Crippen LogP contribution in [0, 0.1) is 0 Å². The second-order valence-corrected chi connectivity index (χ2v) is 5.40. The van der Waals surface area contributed by atoms with Crippen molar-refractivity contribution in [2.24, 2.45) is 0 Å². The minimum Gasteiger partial charge on any atom is -0.875 e. The van der Waals surface area contributed by atoms with E-state index in [-0.39, 0.29) is 28.8 Å². The van der Waals surface area contributed by atoms with Gasteiger partial charge < -0.3 is 9.84 Å². The summed E-state index contributed by atoms with van der Waals surface area (Å²) in [6, 6.07) is 10.0. The maximum atomic E-state index is 11.7. The topological polar surface area (TPSA) is 49.4 Å². The Morgan fingerprint density at radius 1 is 1.00 bits per heavy atom. The van der Waals surface area contributed by atoms with Crippen LogP contribution in [-0.4, -0.2) is 13.1 Å². The van der Waals surface area contributed by atoms with E-state index in [4.69, 9.17) is 0 Å². The molecule has 0 fully saturated rings. The number of allylic oxidation sites excluding steroid dienone is 6. The van der Waals surface area contributed by atoms with Gasteiger partial charge in [-0.3, -0.25) is 4.79 Å². The quantitative estimate of drug-likeness (QED) is 0.228. The first-order chi connectivity index (χ1) is 11.2. The number of ether oxygens (including phenoxy) is 1. The van der Waals surface area contributed by atoms with E-state index in [9.17, 15) is 9.90 Å². The number of hydrogen-bond acceptors (Lipinski definition) is 3. The van der Waals surface area contributed by atoms with Crippen LogP contribution in [0.5, 0.6) is 0 Å². The molecule has 0 N–H and O–H groups in total. The standard InChI is InChI=1S/C15H22O3.C5H5.Fe/c1-18-15(17)12-6-4-2-3-5-11-14(16)13-9-7-8-10-13;1-2-4-5-3-1;/h7-10,16H,2-6,11-12H2,1H3;1-5H;/q;-1;+2/p-1. The fourth-order valence-electron chi connectivity index (χ4n) is 2.21. The van der Waals surface area contributed by atoms with E-state index in [1.807, 2.05) is 54.6 Å². The SMILES string of the molecule is COC(=O)CCCCCCCC([O-])=C1C=CC=C1.[Fe+2].c1cc[cH-]c1.